The molecule has 0 saturated heterocycles. The van der Waals surface area contributed by atoms with Gasteiger partial charge in [-0.1, -0.05) is 81.4 Å². The second kappa shape index (κ2) is 8.05. The average molecular weight is 314 g/mol. The molecule has 114 valence electrons. The van der Waals surface area contributed by atoms with Gasteiger partial charge in [-0.3, -0.25) is 0 Å². The molecule has 0 aliphatic heterocycles. The quantitative estimate of drug-likeness (QED) is 0.455. The maximum absolute atomic E-state index is 7.47. The minimum absolute atomic E-state index is 0. The van der Waals surface area contributed by atoms with Gasteiger partial charge in [0.2, 0.25) is 0 Å². The van der Waals surface area contributed by atoms with Crippen molar-refractivity contribution in [1.82, 2.24) is 0 Å². The van der Waals surface area contributed by atoms with Crippen molar-refractivity contribution < 1.29 is 23.3 Å². The van der Waals surface area contributed by atoms with Gasteiger partial charge in [0.05, 0.1) is 6.10 Å². The van der Waals surface area contributed by atoms with Crippen molar-refractivity contribution >= 4 is 18.7 Å². The van der Waals surface area contributed by atoms with Crippen molar-refractivity contribution in [2.24, 2.45) is 0 Å². The van der Waals surface area contributed by atoms with E-state index >= 15 is 0 Å². The fourth-order valence-corrected chi connectivity index (χ4v) is 7.59. The Kier molecular flexibility index (Phi) is 6.93. The molecule has 0 radical (unpaired) electrons. The monoisotopic (exact) mass is 314 g/mol. The summed E-state index contributed by atoms with van der Waals surface area (Å²) in [6.45, 7) is 8.59. The first-order valence-corrected chi connectivity index (χ1v) is 9.54. The molecule has 1 atom stereocenters. The standard InChI is InChI=1S/C20H23OSi.Li/c1-6-17(2)21-22(20(3,4)5,18-13-9-7-10-14-18)19-15-11-8-12-16-19;/h7-17H,2-5H3;/q-1;+1/t17-;/m1./s1. The molecule has 1 nitrogen and oxygen atoms in total. The first-order chi connectivity index (χ1) is 10.4. The summed E-state index contributed by atoms with van der Waals surface area (Å²) in [4.78, 5) is 0. The van der Waals surface area contributed by atoms with Crippen LogP contribution in [0.4, 0.5) is 0 Å². The summed E-state index contributed by atoms with van der Waals surface area (Å²) in [5, 5.41) is 2.41. The molecule has 0 aliphatic carbocycles. The van der Waals surface area contributed by atoms with Gasteiger partial charge in [-0.25, -0.2) is 0 Å². The van der Waals surface area contributed by atoms with Gasteiger partial charge in [0.25, 0.3) is 8.32 Å². The van der Waals surface area contributed by atoms with Crippen LogP contribution in [0.1, 0.15) is 27.7 Å². The third-order valence-electron chi connectivity index (χ3n) is 3.97. The summed E-state index contributed by atoms with van der Waals surface area (Å²) in [7, 11) is -2.52. The van der Waals surface area contributed by atoms with Crippen LogP contribution < -0.4 is 29.2 Å². The third kappa shape index (κ3) is 4.00. The van der Waals surface area contributed by atoms with E-state index in [0.29, 0.717) is 0 Å². The van der Waals surface area contributed by atoms with E-state index in [9.17, 15) is 0 Å². The van der Waals surface area contributed by atoms with Crippen LogP contribution in [0.15, 0.2) is 60.7 Å². The average Bonchev–Trinajstić information content (AvgIpc) is 2.52. The SMILES string of the molecule is [C-]#C[C@@H](C)O[Si](c1ccccc1)(c1ccccc1)C(C)(C)C.[Li+]. The van der Waals surface area contributed by atoms with E-state index in [2.05, 4.69) is 75.2 Å². The van der Waals surface area contributed by atoms with Gasteiger partial charge in [0, 0.05) is 0 Å². The molecule has 0 aliphatic rings. The molecule has 0 amide bonds. The van der Waals surface area contributed by atoms with Gasteiger partial charge in [0.1, 0.15) is 0 Å². The predicted molar refractivity (Wildman–Crippen MR) is 95.3 cm³/mol. The van der Waals surface area contributed by atoms with E-state index in [4.69, 9.17) is 10.8 Å². The zero-order valence-electron chi connectivity index (χ0n) is 14.8. The van der Waals surface area contributed by atoms with Gasteiger partial charge >= 0.3 is 18.9 Å². The Balaban J connectivity index is 0.00000264. The van der Waals surface area contributed by atoms with Crippen molar-refractivity contribution in [3.63, 3.8) is 0 Å². The van der Waals surface area contributed by atoms with Crippen molar-refractivity contribution in [1.29, 1.82) is 0 Å². The summed E-state index contributed by atoms with van der Waals surface area (Å²) >= 11 is 0. The molecular weight excluding hydrogens is 291 g/mol. The van der Waals surface area contributed by atoms with Crippen LogP contribution in [0.25, 0.3) is 0 Å². The largest absolute Gasteiger partial charge is 1.00 e. The van der Waals surface area contributed by atoms with Gasteiger partial charge < -0.3 is 16.8 Å². The fraction of sp³-hybridized carbons (Fsp3) is 0.300. The van der Waals surface area contributed by atoms with Crippen LogP contribution in [0.3, 0.4) is 0 Å². The fourth-order valence-electron chi connectivity index (χ4n) is 2.99. The number of hydrogen-bond acceptors (Lipinski definition) is 1. The Morgan fingerprint density at radius 2 is 1.30 bits per heavy atom. The van der Waals surface area contributed by atoms with E-state index < -0.39 is 8.32 Å². The second-order valence-electron chi connectivity index (χ2n) is 6.57. The van der Waals surface area contributed by atoms with Crippen LogP contribution in [0, 0.1) is 12.3 Å². The second-order valence-corrected chi connectivity index (χ2v) is 10.8. The normalized spacial score (nSPS) is 12.8. The summed E-state index contributed by atoms with van der Waals surface area (Å²) < 4.78 is 6.56. The van der Waals surface area contributed by atoms with Crippen LogP contribution in [-0.4, -0.2) is 14.4 Å². The molecular formula is C20H23LiOSi. The maximum atomic E-state index is 7.47. The summed E-state index contributed by atoms with van der Waals surface area (Å²) in [5.41, 5.74) is 0. The van der Waals surface area contributed by atoms with E-state index in [1.807, 2.05) is 19.1 Å². The Morgan fingerprint density at radius 1 is 0.913 bits per heavy atom. The zero-order chi connectivity index (χ0) is 16.2. The molecule has 0 aromatic heterocycles. The number of benzene rings is 2. The maximum Gasteiger partial charge on any atom is 1.00 e. The summed E-state index contributed by atoms with van der Waals surface area (Å²) in [5.74, 6) is 2.49. The topological polar surface area (TPSA) is 9.23 Å². The molecule has 2 aromatic carbocycles. The Morgan fingerprint density at radius 3 is 1.61 bits per heavy atom. The molecule has 0 bridgehead atoms. The molecule has 3 heteroatoms. The molecule has 0 saturated carbocycles. The minimum Gasteiger partial charge on any atom is -0.691 e. The van der Waals surface area contributed by atoms with Gasteiger partial charge in [-0.05, 0) is 22.3 Å². The Bertz CT molecular complexity index is 601. The van der Waals surface area contributed by atoms with Crippen LogP contribution in [0.2, 0.25) is 5.04 Å². The predicted octanol–water partition coefficient (Wildman–Crippen LogP) is 0.545. The third-order valence-corrected chi connectivity index (χ3v) is 9.09. The van der Waals surface area contributed by atoms with Crippen molar-refractivity contribution in [3.8, 4) is 5.92 Å². The number of rotatable bonds is 4. The zero-order valence-corrected chi connectivity index (χ0v) is 15.8. The molecule has 23 heavy (non-hydrogen) atoms. The Labute approximate surface area is 153 Å². The van der Waals surface area contributed by atoms with Gasteiger partial charge in [-0.15, -0.1) is 0 Å². The van der Waals surface area contributed by atoms with Gasteiger partial charge in [-0.2, -0.15) is 0 Å². The molecule has 0 N–H and O–H groups in total. The molecule has 0 fully saturated rings. The van der Waals surface area contributed by atoms with Crippen molar-refractivity contribution in [3.05, 3.63) is 67.1 Å². The Hall–Kier alpha value is -1.23. The van der Waals surface area contributed by atoms with Crippen molar-refractivity contribution in [2.45, 2.75) is 38.8 Å². The molecule has 0 spiro atoms. The minimum atomic E-state index is -2.52. The summed E-state index contributed by atoms with van der Waals surface area (Å²) in [6.07, 6.45) is 7.14. The summed E-state index contributed by atoms with van der Waals surface area (Å²) in [6, 6.07) is 20.9. The van der Waals surface area contributed by atoms with E-state index in [0.717, 1.165) is 0 Å². The number of hydrogen-bond donors (Lipinski definition) is 0. The van der Waals surface area contributed by atoms with E-state index in [1.54, 1.807) is 0 Å². The first kappa shape index (κ1) is 19.8. The van der Waals surface area contributed by atoms with Crippen LogP contribution in [-0.2, 0) is 4.43 Å². The van der Waals surface area contributed by atoms with Crippen LogP contribution >= 0.6 is 0 Å². The molecule has 0 heterocycles. The van der Waals surface area contributed by atoms with E-state index in [1.165, 1.54) is 10.4 Å². The van der Waals surface area contributed by atoms with Crippen molar-refractivity contribution in [2.75, 3.05) is 0 Å². The molecule has 2 aromatic rings. The van der Waals surface area contributed by atoms with E-state index in [-0.39, 0.29) is 30.0 Å². The van der Waals surface area contributed by atoms with Gasteiger partial charge in [0.15, 0.2) is 0 Å². The first-order valence-electron chi connectivity index (χ1n) is 7.63. The molecule has 0 unspecified atom stereocenters. The van der Waals surface area contributed by atoms with Crippen LogP contribution in [0.5, 0.6) is 0 Å². The smallest absolute Gasteiger partial charge is 0.691 e. The molecule has 2 rings (SSSR count).